The van der Waals surface area contributed by atoms with Gasteiger partial charge in [-0.05, 0) is 137 Å². The van der Waals surface area contributed by atoms with E-state index in [0.717, 1.165) is 36.1 Å². The molecule has 11 heteroatoms. The van der Waals surface area contributed by atoms with E-state index in [-0.39, 0.29) is 2.85 Å². The number of hydrogen-bond donors (Lipinski definition) is 2. The summed E-state index contributed by atoms with van der Waals surface area (Å²) in [5.41, 5.74) is 5.28. The van der Waals surface area contributed by atoms with Crippen LogP contribution in [0.5, 0.6) is 11.5 Å². The summed E-state index contributed by atoms with van der Waals surface area (Å²) >= 11 is 0. The van der Waals surface area contributed by atoms with Gasteiger partial charge in [0.05, 0.1) is 17.6 Å². The average Bonchev–Trinajstić information content (AvgIpc) is 4.08. The fourth-order valence-electron chi connectivity index (χ4n) is 6.16. The first kappa shape index (κ1) is 39.7. The highest BCUT2D eigenvalue weighted by Gasteiger charge is 2.22. The maximum absolute atomic E-state index is 10.2. The van der Waals surface area contributed by atoms with E-state index in [2.05, 4.69) is 64.6 Å². The Labute approximate surface area is 322 Å². The number of nitrogens with zero attached hydrogens (tertiary/aromatic N) is 6. The predicted octanol–water partition coefficient (Wildman–Crippen LogP) is 8.60. The molecule has 0 bridgehead atoms. The van der Waals surface area contributed by atoms with Crippen molar-refractivity contribution in [2.45, 2.75) is 70.4 Å². The number of carbonyl (C=O) groups is 2. The molecule has 8 rings (SSSR count). The lowest BCUT2D eigenvalue weighted by Gasteiger charge is -2.25. The Hall–Kier alpha value is -5.52. The van der Waals surface area contributed by atoms with Crippen LogP contribution in [0, 0.1) is 0 Å². The SMILES string of the molecule is O=CNc1ccc(C2CC2)cc1.O=CNc1ccc(Oc2cccnc2)cc1.[HH].[HH].c1ccc(CN2CCCCC2)nc1.c1cnc(CN2CCCCC2)cn1. The molecule has 2 amide bonds. The predicted molar refractivity (Wildman–Crippen MR) is 217 cm³/mol. The highest BCUT2D eigenvalue weighted by molar-refractivity contribution is 5.71. The van der Waals surface area contributed by atoms with E-state index < -0.39 is 0 Å². The summed E-state index contributed by atoms with van der Waals surface area (Å²) in [4.78, 5) is 41.8. The van der Waals surface area contributed by atoms with Crippen molar-refractivity contribution in [3.05, 3.63) is 133 Å². The Balaban J connectivity index is 0.000000199. The van der Waals surface area contributed by atoms with Crippen LogP contribution >= 0.6 is 0 Å². The second-order valence-corrected chi connectivity index (χ2v) is 13.4. The summed E-state index contributed by atoms with van der Waals surface area (Å²) in [5, 5.41) is 5.16. The minimum atomic E-state index is 0. The molecule has 0 spiro atoms. The molecule has 3 aliphatic rings. The van der Waals surface area contributed by atoms with Gasteiger partial charge in [-0.25, -0.2) is 0 Å². The van der Waals surface area contributed by atoms with Crippen LogP contribution in [0.2, 0.25) is 0 Å². The van der Waals surface area contributed by atoms with Crippen molar-refractivity contribution in [1.29, 1.82) is 0 Å². The van der Waals surface area contributed by atoms with Gasteiger partial charge in [0.2, 0.25) is 12.8 Å². The van der Waals surface area contributed by atoms with E-state index in [1.54, 1.807) is 55.1 Å². The maximum Gasteiger partial charge on any atom is 0.211 e. The number of benzene rings is 2. The van der Waals surface area contributed by atoms with Crippen LogP contribution in [0.25, 0.3) is 0 Å². The second-order valence-electron chi connectivity index (χ2n) is 13.4. The lowest BCUT2D eigenvalue weighted by Crippen LogP contribution is -2.29. The second kappa shape index (κ2) is 23.2. The minimum Gasteiger partial charge on any atom is -0.456 e. The molecule has 2 saturated heterocycles. The summed E-state index contributed by atoms with van der Waals surface area (Å²) in [6, 6.07) is 24.9. The lowest BCUT2D eigenvalue weighted by molar-refractivity contribution is -0.106. The summed E-state index contributed by atoms with van der Waals surface area (Å²) < 4.78 is 5.53. The van der Waals surface area contributed by atoms with Crippen molar-refractivity contribution in [1.82, 2.24) is 29.7 Å². The molecule has 54 heavy (non-hydrogen) atoms. The third-order valence-corrected chi connectivity index (χ3v) is 9.15. The van der Waals surface area contributed by atoms with Crippen LogP contribution in [0.3, 0.4) is 0 Å². The van der Waals surface area contributed by atoms with Crippen molar-refractivity contribution in [3.63, 3.8) is 0 Å². The van der Waals surface area contributed by atoms with Crippen LogP contribution in [0.15, 0.2) is 116 Å². The number of likely N-dealkylation sites (tertiary alicyclic amines) is 2. The zero-order chi connectivity index (χ0) is 37.5. The molecule has 3 fully saturated rings. The van der Waals surface area contributed by atoms with E-state index >= 15 is 0 Å². The van der Waals surface area contributed by atoms with Gasteiger partial charge in [-0.3, -0.25) is 39.3 Å². The van der Waals surface area contributed by atoms with Gasteiger partial charge >= 0.3 is 0 Å². The number of aromatic nitrogens is 4. The highest BCUT2D eigenvalue weighted by Crippen LogP contribution is 2.40. The molecule has 2 N–H and O–H groups in total. The van der Waals surface area contributed by atoms with Crippen molar-refractivity contribution in [2.24, 2.45) is 0 Å². The first-order valence-electron chi connectivity index (χ1n) is 19.0. The minimum absolute atomic E-state index is 0. The fourth-order valence-corrected chi connectivity index (χ4v) is 6.16. The van der Waals surface area contributed by atoms with E-state index in [4.69, 9.17) is 4.74 Å². The molecule has 2 aliphatic heterocycles. The van der Waals surface area contributed by atoms with Crippen molar-refractivity contribution in [2.75, 3.05) is 36.8 Å². The zero-order valence-corrected chi connectivity index (χ0v) is 31.0. The number of hydrogen-bond acceptors (Lipinski definition) is 9. The van der Waals surface area contributed by atoms with Gasteiger partial charge in [0.15, 0.2) is 0 Å². The Morgan fingerprint density at radius 2 is 1.19 bits per heavy atom. The van der Waals surface area contributed by atoms with Gasteiger partial charge in [-0.15, -0.1) is 0 Å². The molecular formula is C43H56N8O3. The van der Waals surface area contributed by atoms with Crippen LogP contribution in [0.1, 0.15) is 77.1 Å². The van der Waals surface area contributed by atoms with Crippen molar-refractivity contribution < 1.29 is 17.2 Å². The van der Waals surface area contributed by atoms with Crippen molar-refractivity contribution >= 4 is 24.2 Å². The normalized spacial score (nSPS) is 15.3. The van der Waals surface area contributed by atoms with E-state index in [1.165, 1.54) is 88.8 Å². The van der Waals surface area contributed by atoms with Crippen LogP contribution < -0.4 is 15.4 Å². The van der Waals surface area contributed by atoms with E-state index in [9.17, 15) is 9.59 Å². The zero-order valence-electron chi connectivity index (χ0n) is 31.0. The molecule has 286 valence electrons. The Kier molecular flexibility index (Phi) is 17.1. The van der Waals surface area contributed by atoms with E-state index in [0.29, 0.717) is 24.3 Å². The first-order valence-corrected chi connectivity index (χ1v) is 19.0. The van der Waals surface area contributed by atoms with Gasteiger partial charge in [0, 0.05) is 58.3 Å². The fraction of sp³-hybridized carbons (Fsp3) is 0.349. The van der Waals surface area contributed by atoms with Gasteiger partial charge in [-0.1, -0.05) is 31.0 Å². The summed E-state index contributed by atoms with van der Waals surface area (Å²) in [6.07, 6.45) is 22.7. The molecule has 0 atom stereocenters. The summed E-state index contributed by atoms with van der Waals surface area (Å²) in [6.45, 7) is 6.93. The van der Waals surface area contributed by atoms with E-state index in [1.807, 2.05) is 36.7 Å². The molecule has 1 aliphatic carbocycles. The molecule has 0 unspecified atom stereocenters. The Morgan fingerprint density at radius 1 is 0.593 bits per heavy atom. The number of anilines is 2. The summed E-state index contributed by atoms with van der Waals surface area (Å²) in [5.74, 6) is 2.17. The smallest absolute Gasteiger partial charge is 0.211 e. The molecule has 3 aromatic heterocycles. The quantitative estimate of drug-likeness (QED) is 0.128. The third-order valence-electron chi connectivity index (χ3n) is 9.15. The third kappa shape index (κ3) is 15.2. The molecule has 1 saturated carbocycles. The highest BCUT2D eigenvalue weighted by atomic mass is 16.5. The number of carbonyl (C=O) groups excluding carboxylic acids is 2. The van der Waals surface area contributed by atoms with Crippen molar-refractivity contribution in [3.8, 4) is 11.5 Å². The van der Waals surface area contributed by atoms with Crippen LogP contribution in [-0.2, 0) is 22.7 Å². The molecule has 2 aromatic carbocycles. The van der Waals surface area contributed by atoms with Crippen LogP contribution in [-0.4, -0.2) is 68.7 Å². The van der Waals surface area contributed by atoms with Gasteiger partial charge in [0.1, 0.15) is 11.5 Å². The van der Waals surface area contributed by atoms with Gasteiger partial charge in [0.25, 0.3) is 0 Å². The van der Waals surface area contributed by atoms with Crippen LogP contribution in [0.4, 0.5) is 11.4 Å². The first-order chi connectivity index (χ1) is 26.7. The molecular weight excluding hydrogens is 677 g/mol. The Bertz CT molecular complexity index is 1690. The molecule has 5 aromatic rings. The van der Waals surface area contributed by atoms with Gasteiger partial charge in [-0.2, -0.15) is 0 Å². The molecule has 5 heterocycles. The number of amides is 2. The number of piperidine rings is 2. The van der Waals surface area contributed by atoms with Gasteiger partial charge < -0.3 is 15.4 Å². The Morgan fingerprint density at radius 3 is 1.70 bits per heavy atom. The lowest BCUT2D eigenvalue weighted by atomic mass is 10.1. The number of nitrogens with one attached hydrogen (secondary N) is 2. The standard InChI is InChI=1S/C12H10N2O2.C11H16N2.C10H15N3.C10H11NO.2H2/c15-9-14-10-3-5-11(6-4-10)16-12-2-1-7-13-8-12;1-4-8-13(9-5-1)10-11-6-2-3-7-12-11;1-2-6-13(7-3-1)9-10-8-11-4-5-12-10;12-7-11-10-5-3-9(4-6-10)8-1-2-8;;/h1-9H,(H,14,15);2-3,6-7H,1,4-5,8-10H2;4-5,8H,1-3,6-7,9H2;3-8H,1-2H2,(H,11,12);2*1H. The monoisotopic (exact) mass is 732 g/mol. The number of ether oxygens (including phenoxy) is 1. The maximum atomic E-state index is 10.2. The largest absolute Gasteiger partial charge is 0.456 e. The topological polar surface area (TPSA) is 125 Å². The summed E-state index contributed by atoms with van der Waals surface area (Å²) in [7, 11) is 0. The number of pyridine rings is 2. The molecule has 11 nitrogen and oxygen atoms in total. The molecule has 0 radical (unpaired) electrons. The number of rotatable bonds is 11. The average molecular weight is 733 g/mol.